The number of alkyl halides is 3. The van der Waals surface area contributed by atoms with Gasteiger partial charge in [0.15, 0.2) is 0 Å². The summed E-state index contributed by atoms with van der Waals surface area (Å²) in [4.78, 5) is 21.2. The van der Waals surface area contributed by atoms with Crippen molar-refractivity contribution in [1.29, 1.82) is 0 Å². The molecule has 12 heteroatoms. The minimum Gasteiger partial charge on any atom is -0.475 e. The predicted molar refractivity (Wildman–Crippen MR) is 155 cm³/mol. The molecule has 0 aliphatic carbocycles. The lowest BCUT2D eigenvalue weighted by molar-refractivity contribution is -0.192. The molecule has 6 rings (SSSR count). The van der Waals surface area contributed by atoms with E-state index in [-0.39, 0.29) is 0 Å². The standard InChI is InChI=1S/C28H24N6S.C2HF3O2/c1-19-6-5-9-24-27(19)32-28(31-24)26-15-14-25(35-26)21-12-10-20(11-13-21)16-29-17-22-18-30-34(33-22)23-7-3-2-4-8-23;3-2(4,5)1(6)7/h2-15,18,29H,16-17H2,1H3,(H,31,32);(H,6,7). The van der Waals surface area contributed by atoms with Crippen LogP contribution in [0.25, 0.3) is 37.9 Å². The van der Waals surface area contributed by atoms with Gasteiger partial charge < -0.3 is 15.4 Å². The predicted octanol–water partition coefficient (Wildman–Crippen LogP) is 6.77. The normalized spacial score (nSPS) is 11.3. The number of aromatic nitrogens is 5. The zero-order valence-electron chi connectivity index (χ0n) is 22.3. The van der Waals surface area contributed by atoms with Crippen molar-refractivity contribution in [2.24, 2.45) is 0 Å². The number of aliphatic carboxylic acids is 1. The van der Waals surface area contributed by atoms with Gasteiger partial charge in [-0.25, -0.2) is 9.78 Å². The molecule has 0 fully saturated rings. The second kappa shape index (κ2) is 12.4. The Morgan fingerprint density at radius 2 is 1.67 bits per heavy atom. The van der Waals surface area contributed by atoms with Crippen molar-refractivity contribution in [3.8, 4) is 26.8 Å². The van der Waals surface area contributed by atoms with Crippen LogP contribution in [0.5, 0.6) is 0 Å². The molecule has 3 aromatic heterocycles. The number of hydrogen-bond acceptors (Lipinski definition) is 6. The highest BCUT2D eigenvalue weighted by atomic mass is 32.1. The van der Waals surface area contributed by atoms with E-state index in [0.29, 0.717) is 6.54 Å². The molecule has 8 nitrogen and oxygen atoms in total. The van der Waals surface area contributed by atoms with Crippen molar-refractivity contribution in [2.75, 3.05) is 0 Å². The molecular weight excluding hydrogens is 565 g/mol. The first kappa shape index (κ1) is 28.7. The highest BCUT2D eigenvalue weighted by Gasteiger charge is 2.38. The number of benzene rings is 3. The van der Waals surface area contributed by atoms with Crippen LogP contribution in [-0.4, -0.2) is 42.2 Å². The molecule has 3 N–H and O–H groups in total. The fourth-order valence-corrected chi connectivity index (χ4v) is 5.05. The number of imidazole rings is 1. The van der Waals surface area contributed by atoms with E-state index in [0.717, 1.165) is 39.7 Å². The molecule has 0 amide bonds. The summed E-state index contributed by atoms with van der Waals surface area (Å²) in [5.74, 6) is -1.83. The Balaban J connectivity index is 0.000000451. The van der Waals surface area contributed by atoms with Crippen LogP contribution in [0.15, 0.2) is 91.1 Å². The lowest BCUT2D eigenvalue weighted by Crippen LogP contribution is -2.21. The third-order valence-corrected chi connectivity index (χ3v) is 7.34. The number of aromatic amines is 1. The van der Waals surface area contributed by atoms with Crippen LogP contribution in [0.1, 0.15) is 16.8 Å². The monoisotopic (exact) mass is 590 g/mol. The quantitative estimate of drug-likeness (QED) is 0.189. The first-order chi connectivity index (χ1) is 20.2. The van der Waals surface area contributed by atoms with Gasteiger partial charge in [0.25, 0.3) is 0 Å². The van der Waals surface area contributed by atoms with Crippen LogP contribution in [0.4, 0.5) is 13.2 Å². The van der Waals surface area contributed by atoms with Gasteiger partial charge >= 0.3 is 12.1 Å². The number of nitrogens with zero attached hydrogens (tertiary/aromatic N) is 4. The molecule has 42 heavy (non-hydrogen) atoms. The van der Waals surface area contributed by atoms with E-state index in [1.54, 1.807) is 22.3 Å². The van der Waals surface area contributed by atoms with Gasteiger partial charge in [-0.05, 0) is 53.9 Å². The van der Waals surface area contributed by atoms with E-state index in [2.05, 4.69) is 82.0 Å². The molecule has 0 unspecified atom stereocenters. The van der Waals surface area contributed by atoms with Gasteiger partial charge in [-0.2, -0.15) is 28.2 Å². The second-order valence-electron chi connectivity index (χ2n) is 9.28. The van der Waals surface area contributed by atoms with E-state index in [1.165, 1.54) is 21.6 Å². The average Bonchev–Trinajstić information content (AvgIpc) is 3.74. The Kier molecular flexibility index (Phi) is 8.46. The minimum atomic E-state index is -5.08. The summed E-state index contributed by atoms with van der Waals surface area (Å²) in [5.41, 5.74) is 7.62. The van der Waals surface area contributed by atoms with Crippen molar-refractivity contribution in [3.05, 3.63) is 108 Å². The van der Waals surface area contributed by atoms with E-state index in [9.17, 15) is 13.2 Å². The summed E-state index contributed by atoms with van der Waals surface area (Å²) in [6.45, 7) is 3.53. The Morgan fingerprint density at radius 1 is 0.952 bits per heavy atom. The summed E-state index contributed by atoms with van der Waals surface area (Å²) in [6.07, 6.45) is -3.28. The number of carbonyl (C=O) groups is 1. The molecule has 0 atom stereocenters. The summed E-state index contributed by atoms with van der Waals surface area (Å²) in [7, 11) is 0. The van der Waals surface area contributed by atoms with Gasteiger partial charge in [0.1, 0.15) is 5.82 Å². The smallest absolute Gasteiger partial charge is 0.475 e. The molecule has 0 bridgehead atoms. The lowest BCUT2D eigenvalue weighted by Gasteiger charge is -2.04. The Labute approximate surface area is 242 Å². The van der Waals surface area contributed by atoms with Crippen molar-refractivity contribution < 1.29 is 23.1 Å². The SMILES string of the molecule is Cc1cccc2[nH]c(-c3ccc(-c4ccc(CNCc5cnn(-c6ccccc6)n5)cc4)s3)nc12.O=C(O)C(F)(F)F. The molecule has 0 radical (unpaired) electrons. The number of thiophene rings is 1. The number of fused-ring (bicyclic) bond motifs is 1. The topological polar surface area (TPSA) is 109 Å². The maximum Gasteiger partial charge on any atom is 0.490 e. The number of halogens is 3. The van der Waals surface area contributed by atoms with E-state index in [4.69, 9.17) is 14.9 Å². The zero-order chi connectivity index (χ0) is 29.7. The van der Waals surface area contributed by atoms with E-state index < -0.39 is 12.1 Å². The number of carboxylic acid groups (broad SMARTS) is 1. The maximum absolute atomic E-state index is 10.6. The van der Waals surface area contributed by atoms with E-state index >= 15 is 0 Å². The van der Waals surface area contributed by atoms with Gasteiger partial charge in [0.2, 0.25) is 0 Å². The molecule has 0 aliphatic heterocycles. The summed E-state index contributed by atoms with van der Waals surface area (Å²) in [6, 6.07) is 29.2. The zero-order valence-corrected chi connectivity index (χ0v) is 23.1. The number of H-pyrrole nitrogens is 1. The van der Waals surface area contributed by atoms with Gasteiger partial charge in [0.05, 0.1) is 33.5 Å². The summed E-state index contributed by atoms with van der Waals surface area (Å²) in [5, 5.41) is 19.5. The van der Waals surface area contributed by atoms with Crippen LogP contribution in [0.3, 0.4) is 0 Å². The van der Waals surface area contributed by atoms with Gasteiger partial charge in [-0.15, -0.1) is 11.3 Å². The summed E-state index contributed by atoms with van der Waals surface area (Å²) >= 11 is 1.75. The number of aryl methyl sites for hydroxylation is 1. The van der Waals surface area contributed by atoms with Crippen molar-refractivity contribution in [1.82, 2.24) is 30.3 Å². The number of nitrogens with one attached hydrogen (secondary N) is 2. The molecule has 0 saturated heterocycles. The third-order valence-electron chi connectivity index (χ3n) is 6.20. The summed E-state index contributed by atoms with van der Waals surface area (Å²) < 4.78 is 31.7. The molecule has 3 aromatic carbocycles. The number of hydrogen-bond donors (Lipinski definition) is 3. The molecule has 0 aliphatic rings. The van der Waals surface area contributed by atoms with E-state index in [1.807, 2.05) is 30.3 Å². The lowest BCUT2D eigenvalue weighted by atomic mass is 10.1. The highest BCUT2D eigenvalue weighted by molar-refractivity contribution is 7.18. The Bertz CT molecular complexity index is 1790. The fraction of sp³-hybridized carbons (Fsp3) is 0.133. The highest BCUT2D eigenvalue weighted by Crippen LogP contribution is 2.34. The van der Waals surface area contributed by atoms with Crippen LogP contribution in [0, 0.1) is 6.92 Å². The molecular formula is C30H25F3N6O2S. The Hall–Kier alpha value is -4.81. The van der Waals surface area contributed by atoms with Crippen molar-refractivity contribution in [3.63, 3.8) is 0 Å². The Morgan fingerprint density at radius 3 is 2.36 bits per heavy atom. The van der Waals surface area contributed by atoms with Crippen LogP contribution in [0.2, 0.25) is 0 Å². The van der Waals surface area contributed by atoms with Crippen molar-refractivity contribution in [2.45, 2.75) is 26.2 Å². The molecule has 0 spiro atoms. The average molecular weight is 591 g/mol. The number of para-hydroxylation sites is 2. The van der Waals surface area contributed by atoms with Crippen LogP contribution in [-0.2, 0) is 17.9 Å². The number of rotatable bonds is 7. The molecule has 0 saturated carbocycles. The third kappa shape index (κ3) is 6.90. The maximum atomic E-state index is 10.6. The largest absolute Gasteiger partial charge is 0.490 e. The van der Waals surface area contributed by atoms with Crippen LogP contribution < -0.4 is 5.32 Å². The van der Waals surface area contributed by atoms with Gasteiger partial charge in [0, 0.05) is 18.0 Å². The number of carboxylic acids is 1. The first-order valence-electron chi connectivity index (χ1n) is 12.8. The second-order valence-corrected chi connectivity index (χ2v) is 10.4. The van der Waals surface area contributed by atoms with Gasteiger partial charge in [-0.3, -0.25) is 0 Å². The molecule has 3 heterocycles. The van der Waals surface area contributed by atoms with Crippen LogP contribution >= 0.6 is 11.3 Å². The van der Waals surface area contributed by atoms with Gasteiger partial charge in [-0.1, -0.05) is 54.6 Å². The first-order valence-corrected chi connectivity index (χ1v) is 13.6. The molecule has 6 aromatic rings. The molecule has 214 valence electrons. The van der Waals surface area contributed by atoms with Crippen molar-refractivity contribution >= 4 is 28.3 Å². The minimum absolute atomic E-state index is 0.667. The fourth-order valence-electron chi connectivity index (χ4n) is 4.10.